The van der Waals surface area contributed by atoms with Gasteiger partial charge in [-0.2, -0.15) is 5.10 Å². The van der Waals surface area contributed by atoms with Crippen molar-refractivity contribution in [2.24, 2.45) is 0 Å². The maximum atomic E-state index is 3.94. The minimum Gasteiger partial charge on any atom is -0.285 e. The Labute approximate surface area is 81.4 Å². The number of rotatable bonds is 2. The van der Waals surface area contributed by atoms with E-state index in [1.165, 1.54) is 10.5 Å². The molecule has 0 unspecified atom stereocenters. The molecule has 1 aromatic carbocycles. The van der Waals surface area contributed by atoms with Crippen molar-refractivity contribution in [1.82, 2.24) is 10.2 Å². The SMILES string of the molecule is CSc1ccccc1-c1cn[nH]c1. The molecule has 1 N–H and O–H groups in total. The molecule has 0 fully saturated rings. The number of thioether (sulfide) groups is 1. The Morgan fingerprint density at radius 1 is 1.31 bits per heavy atom. The summed E-state index contributed by atoms with van der Waals surface area (Å²) in [6.07, 6.45) is 5.84. The Bertz CT molecular complexity index is 382. The summed E-state index contributed by atoms with van der Waals surface area (Å²) in [5, 5.41) is 6.76. The van der Waals surface area contributed by atoms with Crippen molar-refractivity contribution < 1.29 is 0 Å². The van der Waals surface area contributed by atoms with Gasteiger partial charge in [0, 0.05) is 16.7 Å². The summed E-state index contributed by atoms with van der Waals surface area (Å²) in [6.45, 7) is 0. The van der Waals surface area contributed by atoms with Gasteiger partial charge in [-0.25, -0.2) is 0 Å². The minimum atomic E-state index is 1.14. The fourth-order valence-corrected chi connectivity index (χ4v) is 1.90. The maximum absolute atomic E-state index is 3.94. The van der Waals surface area contributed by atoms with Gasteiger partial charge in [0.1, 0.15) is 0 Å². The van der Waals surface area contributed by atoms with E-state index in [0.29, 0.717) is 0 Å². The van der Waals surface area contributed by atoms with Crippen LogP contribution in [0, 0.1) is 0 Å². The van der Waals surface area contributed by atoms with Crippen molar-refractivity contribution >= 4 is 11.8 Å². The van der Waals surface area contributed by atoms with Gasteiger partial charge in [-0.15, -0.1) is 11.8 Å². The molecule has 2 nitrogen and oxygen atoms in total. The van der Waals surface area contributed by atoms with E-state index < -0.39 is 0 Å². The smallest absolute Gasteiger partial charge is 0.0566 e. The summed E-state index contributed by atoms with van der Waals surface area (Å²) in [6, 6.07) is 8.32. The molecule has 0 radical (unpaired) electrons. The van der Waals surface area contributed by atoms with E-state index >= 15 is 0 Å². The van der Waals surface area contributed by atoms with E-state index in [1.54, 1.807) is 11.8 Å². The normalized spacial score (nSPS) is 10.2. The van der Waals surface area contributed by atoms with Crippen LogP contribution in [-0.2, 0) is 0 Å². The average molecular weight is 190 g/mol. The van der Waals surface area contributed by atoms with Crippen LogP contribution in [0.5, 0.6) is 0 Å². The molecule has 0 aliphatic rings. The number of H-pyrrole nitrogens is 1. The van der Waals surface area contributed by atoms with Crippen LogP contribution in [0.2, 0.25) is 0 Å². The van der Waals surface area contributed by atoms with Gasteiger partial charge in [0.05, 0.1) is 6.20 Å². The Hall–Kier alpha value is -1.22. The highest BCUT2D eigenvalue weighted by atomic mass is 32.2. The lowest BCUT2D eigenvalue weighted by molar-refractivity contribution is 1.09. The number of nitrogens with zero attached hydrogens (tertiary/aromatic N) is 1. The van der Waals surface area contributed by atoms with Gasteiger partial charge in [-0.3, -0.25) is 5.10 Å². The van der Waals surface area contributed by atoms with Gasteiger partial charge < -0.3 is 0 Å². The van der Waals surface area contributed by atoms with Crippen molar-refractivity contribution in [2.45, 2.75) is 4.90 Å². The highest BCUT2D eigenvalue weighted by Gasteiger charge is 2.03. The quantitative estimate of drug-likeness (QED) is 0.738. The fourth-order valence-electron chi connectivity index (χ4n) is 1.28. The van der Waals surface area contributed by atoms with E-state index in [4.69, 9.17) is 0 Å². The summed E-state index contributed by atoms with van der Waals surface area (Å²) >= 11 is 1.75. The molecule has 1 heterocycles. The fraction of sp³-hybridized carbons (Fsp3) is 0.100. The Morgan fingerprint density at radius 3 is 2.85 bits per heavy atom. The Kier molecular flexibility index (Phi) is 2.36. The molecule has 0 bridgehead atoms. The first-order chi connectivity index (χ1) is 6.42. The largest absolute Gasteiger partial charge is 0.285 e. The van der Waals surface area contributed by atoms with Crippen molar-refractivity contribution in [3.05, 3.63) is 36.7 Å². The monoisotopic (exact) mass is 190 g/mol. The van der Waals surface area contributed by atoms with Gasteiger partial charge in [-0.05, 0) is 17.9 Å². The van der Waals surface area contributed by atoms with E-state index in [2.05, 4.69) is 34.7 Å². The number of nitrogens with one attached hydrogen (secondary N) is 1. The number of hydrogen-bond donors (Lipinski definition) is 1. The molecular formula is C10H10N2S. The van der Waals surface area contributed by atoms with Crippen LogP contribution in [0.3, 0.4) is 0 Å². The first-order valence-corrected chi connectivity index (χ1v) is 5.26. The number of aromatic nitrogens is 2. The molecular weight excluding hydrogens is 180 g/mol. The number of benzene rings is 1. The number of aromatic amines is 1. The van der Waals surface area contributed by atoms with E-state index in [9.17, 15) is 0 Å². The molecule has 2 rings (SSSR count). The molecule has 0 atom stereocenters. The topological polar surface area (TPSA) is 28.7 Å². The van der Waals surface area contributed by atoms with Gasteiger partial charge >= 0.3 is 0 Å². The third-order valence-electron chi connectivity index (χ3n) is 1.92. The van der Waals surface area contributed by atoms with Crippen molar-refractivity contribution in [2.75, 3.05) is 6.26 Å². The van der Waals surface area contributed by atoms with Crippen molar-refractivity contribution in [3.63, 3.8) is 0 Å². The van der Waals surface area contributed by atoms with Gasteiger partial charge in [0.15, 0.2) is 0 Å². The summed E-state index contributed by atoms with van der Waals surface area (Å²) in [5.41, 5.74) is 2.38. The molecule has 0 amide bonds. The van der Waals surface area contributed by atoms with Crippen LogP contribution in [0.25, 0.3) is 11.1 Å². The van der Waals surface area contributed by atoms with E-state index in [1.807, 2.05) is 18.5 Å². The average Bonchev–Trinajstić information content (AvgIpc) is 2.70. The van der Waals surface area contributed by atoms with Crippen molar-refractivity contribution in [3.8, 4) is 11.1 Å². The standard InChI is InChI=1S/C10H10N2S/c1-13-10-5-3-2-4-9(10)8-6-11-12-7-8/h2-7H,1H3,(H,11,12). The van der Waals surface area contributed by atoms with Gasteiger partial charge in [0.2, 0.25) is 0 Å². The molecule has 0 aliphatic carbocycles. The Morgan fingerprint density at radius 2 is 2.15 bits per heavy atom. The highest BCUT2D eigenvalue weighted by Crippen LogP contribution is 2.28. The zero-order valence-electron chi connectivity index (χ0n) is 7.32. The summed E-state index contributed by atoms with van der Waals surface area (Å²) in [7, 11) is 0. The second-order valence-corrected chi connectivity index (χ2v) is 3.54. The van der Waals surface area contributed by atoms with Crippen LogP contribution >= 0.6 is 11.8 Å². The predicted octanol–water partition coefficient (Wildman–Crippen LogP) is 2.80. The summed E-state index contributed by atoms with van der Waals surface area (Å²) in [4.78, 5) is 1.28. The van der Waals surface area contributed by atoms with Crippen LogP contribution < -0.4 is 0 Å². The zero-order valence-corrected chi connectivity index (χ0v) is 8.14. The predicted molar refractivity (Wildman–Crippen MR) is 55.8 cm³/mol. The molecule has 66 valence electrons. The highest BCUT2D eigenvalue weighted by molar-refractivity contribution is 7.98. The van der Waals surface area contributed by atoms with E-state index in [-0.39, 0.29) is 0 Å². The molecule has 0 spiro atoms. The molecule has 0 saturated carbocycles. The van der Waals surface area contributed by atoms with Crippen LogP contribution in [-0.4, -0.2) is 16.5 Å². The van der Waals surface area contributed by atoms with Crippen LogP contribution in [0.15, 0.2) is 41.6 Å². The third-order valence-corrected chi connectivity index (χ3v) is 2.71. The minimum absolute atomic E-state index is 1.14. The van der Waals surface area contributed by atoms with Gasteiger partial charge in [-0.1, -0.05) is 18.2 Å². The first-order valence-electron chi connectivity index (χ1n) is 4.04. The first kappa shape index (κ1) is 8.38. The lowest BCUT2D eigenvalue weighted by Crippen LogP contribution is -1.77. The van der Waals surface area contributed by atoms with Crippen LogP contribution in [0.4, 0.5) is 0 Å². The maximum Gasteiger partial charge on any atom is 0.0566 e. The number of hydrogen-bond acceptors (Lipinski definition) is 2. The van der Waals surface area contributed by atoms with E-state index in [0.717, 1.165) is 5.56 Å². The summed E-state index contributed by atoms with van der Waals surface area (Å²) in [5.74, 6) is 0. The third kappa shape index (κ3) is 1.60. The summed E-state index contributed by atoms with van der Waals surface area (Å²) < 4.78 is 0. The van der Waals surface area contributed by atoms with Gasteiger partial charge in [0.25, 0.3) is 0 Å². The van der Waals surface area contributed by atoms with Crippen LogP contribution in [0.1, 0.15) is 0 Å². The molecule has 3 heteroatoms. The zero-order chi connectivity index (χ0) is 9.10. The van der Waals surface area contributed by atoms with Crippen molar-refractivity contribution in [1.29, 1.82) is 0 Å². The molecule has 13 heavy (non-hydrogen) atoms. The lowest BCUT2D eigenvalue weighted by Gasteiger charge is -2.03. The molecule has 2 aromatic rings. The molecule has 0 saturated heterocycles. The molecule has 1 aromatic heterocycles. The second-order valence-electron chi connectivity index (χ2n) is 2.69. The molecule has 0 aliphatic heterocycles. The Balaban J connectivity index is 2.51. The second kappa shape index (κ2) is 3.66. The lowest BCUT2D eigenvalue weighted by atomic mass is 10.1.